The first-order valence-electron chi connectivity index (χ1n) is 5.86. The lowest BCUT2D eigenvalue weighted by molar-refractivity contribution is 0.174. The van der Waals surface area contributed by atoms with E-state index in [1.165, 1.54) is 0 Å². The van der Waals surface area contributed by atoms with Gasteiger partial charge in [0.1, 0.15) is 0 Å². The van der Waals surface area contributed by atoms with Gasteiger partial charge in [-0.15, -0.1) is 11.3 Å². The van der Waals surface area contributed by atoms with E-state index >= 15 is 0 Å². The minimum Gasteiger partial charge on any atom is -0.454 e. The van der Waals surface area contributed by atoms with Gasteiger partial charge >= 0.3 is 0 Å². The molecule has 2 aromatic rings. The van der Waals surface area contributed by atoms with Gasteiger partial charge in [0.05, 0.1) is 10.7 Å². The molecule has 94 valence electrons. The lowest BCUT2D eigenvalue weighted by atomic mass is 10.1. The summed E-state index contributed by atoms with van der Waals surface area (Å²) in [5.41, 5.74) is 2.08. The maximum atomic E-state index is 5.38. The van der Waals surface area contributed by atoms with Crippen LogP contribution in [-0.2, 0) is 6.42 Å². The van der Waals surface area contributed by atoms with Crippen molar-refractivity contribution >= 4 is 11.3 Å². The number of rotatable bonds is 4. The van der Waals surface area contributed by atoms with Gasteiger partial charge in [-0.1, -0.05) is 0 Å². The van der Waals surface area contributed by atoms with Crippen LogP contribution in [-0.4, -0.2) is 25.4 Å². The van der Waals surface area contributed by atoms with E-state index in [1.807, 2.05) is 25.2 Å². The number of ether oxygens (including phenoxy) is 2. The van der Waals surface area contributed by atoms with E-state index in [4.69, 9.17) is 9.47 Å². The molecule has 18 heavy (non-hydrogen) atoms. The van der Waals surface area contributed by atoms with Crippen LogP contribution in [0.2, 0.25) is 0 Å². The SMILES string of the molecule is CNCCc1nc(-c2ccc3c(c2)OCO3)cs1. The molecule has 1 N–H and O–H groups in total. The lowest BCUT2D eigenvalue weighted by Crippen LogP contribution is -2.09. The van der Waals surface area contributed by atoms with E-state index in [2.05, 4.69) is 15.7 Å². The number of nitrogens with one attached hydrogen (secondary N) is 1. The van der Waals surface area contributed by atoms with Crippen LogP contribution >= 0.6 is 11.3 Å². The van der Waals surface area contributed by atoms with Gasteiger partial charge in [0.2, 0.25) is 6.79 Å². The molecule has 0 fully saturated rings. The summed E-state index contributed by atoms with van der Waals surface area (Å²) in [7, 11) is 1.95. The summed E-state index contributed by atoms with van der Waals surface area (Å²) in [6, 6.07) is 5.94. The molecule has 0 bridgehead atoms. The average Bonchev–Trinajstić information content (AvgIpc) is 3.04. The van der Waals surface area contributed by atoms with Gasteiger partial charge in [0.25, 0.3) is 0 Å². The molecule has 0 amide bonds. The van der Waals surface area contributed by atoms with Crippen LogP contribution in [0.1, 0.15) is 5.01 Å². The molecule has 2 heterocycles. The predicted octanol–water partition coefficient (Wildman–Crippen LogP) is 2.30. The zero-order chi connectivity index (χ0) is 12.4. The van der Waals surface area contributed by atoms with Gasteiger partial charge in [0.15, 0.2) is 11.5 Å². The van der Waals surface area contributed by atoms with Crippen molar-refractivity contribution in [2.45, 2.75) is 6.42 Å². The van der Waals surface area contributed by atoms with E-state index in [0.29, 0.717) is 6.79 Å². The molecular formula is C13H14N2O2S. The highest BCUT2D eigenvalue weighted by atomic mass is 32.1. The molecular weight excluding hydrogens is 248 g/mol. The first-order chi connectivity index (χ1) is 8.86. The Bertz CT molecular complexity index is 554. The van der Waals surface area contributed by atoms with Crippen molar-refractivity contribution in [2.24, 2.45) is 0 Å². The van der Waals surface area contributed by atoms with Gasteiger partial charge in [-0.2, -0.15) is 0 Å². The van der Waals surface area contributed by atoms with Gasteiger partial charge in [-0.05, 0) is 25.2 Å². The van der Waals surface area contributed by atoms with Crippen molar-refractivity contribution in [1.82, 2.24) is 10.3 Å². The Balaban J connectivity index is 1.83. The zero-order valence-corrected chi connectivity index (χ0v) is 10.9. The maximum absolute atomic E-state index is 5.38. The fraction of sp³-hybridized carbons (Fsp3) is 0.308. The molecule has 5 heteroatoms. The monoisotopic (exact) mass is 262 g/mol. The largest absolute Gasteiger partial charge is 0.454 e. The molecule has 0 unspecified atom stereocenters. The summed E-state index contributed by atoms with van der Waals surface area (Å²) in [6.45, 7) is 1.26. The van der Waals surface area contributed by atoms with Crippen LogP contribution in [0.15, 0.2) is 23.6 Å². The summed E-state index contributed by atoms with van der Waals surface area (Å²) in [5, 5.41) is 6.37. The molecule has 0 radical (unpaired) electrons. The highest BCUT2D eigenvalue weighted by molar-refractivity contribution is 7.09. The van der Waals surface area contributed by atoms with Crippen LogP contribution in [0.25, 0.3) is 11.3 Å². The van der Waals surface area contributed by atoms with Crippen molar-refractivity contribution in [2.75, 3.05) is 20.4 Å². The number of likely N-dealkylation sites (N-methyl/N-ethyl adjacent to an activating group) is 1. The Morgan fingerprint density at radius 1 is 1.33 bits per heavy atom. The fourth-order valence-corrected chi connectivity index (χ4v) is 2.65. The highest BCUT2D eigenvalue weighted by Crippen LogP contribution is 2.36. The molecule has 0 spiro atoms. The van der Waals surface area contributed by atoms with E-state index in [1.54, 1.807) is 11.3 Å². The molecule has 1 aromatic heterocycles. The van der Waals surface area contributed by atoms with Gasteiger partial charge in [0, 0.05) is 23.9 Å². The van der Waals surface area contributed by atoms with Crippen LogP contribution in [0.3, 0.4) is 0 Å². The topological polar surface area (TPSA) is 43.4 Å². The summed E-state index contributed by atoms with van der Waals surface area (Å²) in [4.78, 5) is 4.63. The van der Waals surface area contributed by atoms with Crippen molar-refractivity contribution in [3.05, 3.63) is 28.6 Å². The van der Waals surface area contributed by atoms with Crippen LogP contribution in [0.4, 0.5) is 0 Å². The smallest absolute Gasteiger partial charge is 0.231 e. The number of benzene rings is 1. The number of thiazole rings is 1. The van der Waals surface area contributed by atoms with Crippen molar-refractivity contribution in [3.63, 3.8) is 0 Å². The molecule has 3 rings (SSSR count). The van der Waals surface area contributed by atoms with Crippen molar-refractivity contribution < 1.29 is 9.47 Å². The van der Waals surface area contributed by atoms with Crippen LogP contribution in [0, 0.1) is 0 Å². The minimum atomic E-state index is 0.309. The lowest BCUT2D eigenvalue weighted by Gasteiger charge is -1.99. The Kier molecular flexibility index (Phi) is 3.17. The third-order valence-corrected chi connectivity index (χ3v) is 3.72. The minimum absolute atomic E-state index is 0.309. The molecule has 1 aromatic carbocycles. The number of nitrogens with zero attached hydrogens (tertiary/aromatic N) is 1. The molecule has 0 saturated heterocycles. The quantitative estimate of drug-likeness (QED) is 0.918. The standard InChI is InChI=1S/C13H14N2O2S/c1-14-5-4-13-15-10(7-18-13)9-2-3-11-12(6-9)17-8-16-11/h2-3,6-7,14H,4-5,8H2,1H3. The predicted molar refractivity (Wildman–Crippen MR) is 71.3 cm³/mol. The Labute approximate surface area is 110 Å². The fourth-order valence-electron chi connectivity index (χ4n) is 1.85. The number of hydrogen-bond donors (Lipinski definition) is 1. The molecule has 4 nitrogen and oxygen atoms in total. The Morgan fingerprint density at radius 2 is 2.22 bits per heavy atom. The third-order valence-electron chi connectivity index (χ3n) is 2.81. The summed E-state index contributed by atoms with van der Waals surface area (Å²) < 4.78 is 10.7. The molecule has 0 saturated carbocycles. The summed E-state index contributed by atoms with van der Waals surface area (Å²) in [5.74, 6) is 1.61. The first kappa shape index (κ1) is 11.5. The Hall–Kier alpha value is -1.59. The average molecular weight is 262 g/mol. The molecule has 1 aliphatic rings. The second-order valence-corrected chi connectivity index (χ2v) is 4.99. The van der Waals surface area contributed by atoms with Gasteiger partial charge in [-0.3, -0.25) is 0 Å². The molecule has 1 aliphatic heterocycles. The van der Waals surface area contributed by atoms with E-state index in [9.17, 15) is 0 Å². The van der Waals surface area contributed by atoms with E-state index < -0.39 is 0 Å². The first-order valence-corrected chi connectivity index (χ1v) is 6.74. The van der Waals surface area contributed by atoms with E-state index in [0.717, 1.165) is 40.7 Å². The number of hydrogen-bond acceptors (Lipinski definition) is 5. The third kappa shape index (κ3) is 2.19. The van der Waals surface area contributed by atoms with Crippen LogP contribution < -0.4 is 14.8 Å². The summed E-state index contributed by atoms with van der Waals surface area (Å²) >= 11 is 1.69. The normalized spacial score (nSPS) is 12.9. The van der Waals surface area contributed by atoms with Crippen molar-refractivity contribution in [3.8, 4) is 22.8 Å². The zero-order valence-electron chi connectivity index (χ0n) is 10.1. The molecule has 0 atom stereocenters. The Morgan fingerprint density at radius 3 is 3.11 bits per heavy atom. The molecule has 0 aliphatic carbocycles. The summed E-state index contributed by atoms with van der Waals surface area (Å²) in [6.07, 6.45) is 0.964. The van der Waals surface area contributed by atoms with Gasteiger partial charge in [-0.25, -0.2) is 4.98 Å². The van der Waals surface area contributed by atoms with E-state index in [-0.39, 0.29) is 0 Å². The van der Waals surface area contributed by atoms with Crippen molar-refractivity contribution in [1.29, 1.82) is 0 Å². The number of fused-ring (bicyclic) bond motifs is 1. The second-order valence-electron chi connectivity index (χ2n) is 4.05. The van der Waals surface area contributed by atoms with Gasteiger partial charge < -0.3 is 14.8 Å². The maximum Gasteiger partial charge on any atom is 0.231 e. The van der Waals surface area contributed by atoms with Crippen LogP contribution in [0.5, 0.6) is 11.5 Å². The second kappa shape index (κ2) is 4.96. The number of aromatic nitrogens is 1. The highest BCUT2D eigenvalue weighted by Gasteiger charge is 2.14.